The lowest BCUT2D eigenvalue weighted by molar-refractivity contribution is -0.135. The van der Waals surface area contributed by atoms with Crippen molar-refractivity contribution >= 4 is 17.0 Å². The summed E-state index contributed by atoms with van der Waals surface area (Å²) in [6.07, 6.45) is 11.3. The van der Waals surface area contributed by atoms with Crippen LogP contribution in [0.4, 0.5) is 5.82 Å². The number of rotatable bonds is 6. The predicted octanol–water partition coefficient (Wildman–Crippen LogP) is 1.97. The fourth-order valence-corrected chi connectivity index (χ4v) is 4.46. The first-order chi connectivity index (χ1) is 14.8. The van der Waals surface area contributed by atoms with Crippen LogP contribution in [-0.4, -0.2) is 66.4 Å². The molecule has 1 aliphatic heterocycles. The summed E-state index contributed by atoms with van der Waals surface area (Å²) in [7, 11) is 0. The van der Waals surface area contributed by atoms with Crippen LogP contribution in [0.1, 0.15) is 37.5 Å². The molecule has 0 unspecified atom stereocenters. The van der Waals surface area contributed by atoms with Crippen LogP contribution in [0, 0.1) is 0 Å². The van der Waals surface area contributed by atoms with Gasteiger partial charge in [0.2, 0.25) is 0 Å². The van der Waals surface area contributed by atoms with Gasteiger partial charge >= 0.3 is 0 Å². The number of fused-ring (bicyclic) bond motifs is 1. The molecule has 158 valence electrons. The number of morpholine rings is 1. The van der Waals surface area contributed by atoms with Crippen molar-refractivity contribution in [1.82, 2.24) is 29.4 Å². The molecule has 0 amide bonds. The lowest BCUT2D eigenvalue weighted by Crippen LogP contribution is -2.46. The quantitative estimate of drug-likeness (QED) is 0.637. The van der Waals surface area contributed by atoms with Gasteiger partial charge in [-0.15, -0.1) is 0 Å². The molecule has 2 N–H and O–H groups in total. The average molecular weight is 409 g/mol. The number of ether oxygens (including phenoxy) is 1. The fraction of sp³-hybridized carbons (Fsp3) is 0.524. The SMILES string of the molecule is OC[C@@H]1CN(Cc2cccnc2)C[C@H](n2cnc3c(NC4CCCC4)ncnc32)O1. The highest BCUT2D eigenvalue weighted by Gasteiger charge is 2.30. The Bertz CT molecular complexity index is 974. The van der Waals surface area contributed by atoms with Crippen molar-refractivity contribution < 1.29 is 9.84 Å². The first-order valence-corrected chi connectivity index (χ1v) is 10.6. The second-order valence-electron chi connectivity index (χ2n) is 8.12. The Morgan fingerprint density at radius 2 is 2.07 bits per heavy atom. The molecular formula is C21H27N7O2. The molecule has 0 aromatic carbocycles. The molecule has 3 aromatic rings. The van der Waals surface area contributed by atoms with Gasteiger partial charge in [0.1, 0.15) is 12.6 Å². The summed E-state index contributed by atoms with van der Waals surface area (Å²) in [5.41, 5.74) is 2.64. The van der Waals surface area contributed by atoms with Crippen molar-refractivity contribution in [2.75, 3.05) is 25.0 Å². The zero-order valence-electron chi connectivity index (χ0n) is 16.9. The van der Waals surface area contributed by atoms with E-state index in [2.05, 4.69) is 36.2 Å². The Morgan fingerprint density at radius 3 is 2.87 bits per heavy atom. The Balaban J connectivity index is 1.39. The van der Waals surface area contributed by atoms with Crippen molar-refractivity contribution in [1.29, 1.82) is 0 Å². The van der Waals surface area contributed by atoms with E-state index in [-0.39, 0.29) is 18.9 Å². The van der Waals surface area contributed by atoms with E-state index in [9.17, 15) is 5.11 Å². The molecule has 1 aliphatic carbocycles. The zero-order chi connectivity index (χ0) is 20.3. The predicted molar refractivity (Wildman–Crippen MR) is 112 cm³/mol. The first kappa shape index (κ1) is 19.3. The van der Waals surface area contributed by atoms with E-state index in [4.69, 9.17) is 4.74 Å². The summed E-state index contributed by atoms with van der Waals surface area (Å²) >= 11 is 0. The minimum absolute atomic E-state index is 0.0316. The summed E-state index contributed by atoms with van der Waals surface area (Å²) in [5.74, 6) is 0.785. The Kier molecular flexibility index (Phi) is 5.56. The highest BCUT2D eigenvalue weighted by Crippen LogP contribution is 2.28. The molecule has 9 nitrogen and oxygen atoms in total. The van der Waals surface area contributed by atoms with Crippen LogP contribution in [0.2, 0.25) is 0 Å². The van der Waals surface area contributed by atoms with E-state index >= 15 is 0 Å². The maximum atomic E-state index is 9.78. The van der Waals surface area contributed by atoms with Crippen molar-refractivity contribution in [2.24, 2.45) is 0 Å². The van der Waals surface area contributed by atoms with Crippen molar-refractivity contribution in [3.8, 4) is 0 Å². The molecule has 1 saturated heterocycles. The first-order valence-electron chi connectivity index (χ1n) is 10.6. The van der Waals surface area contributed by atoms with Gasteiger partial charge in [0.05, 0.1) is 19.0 Å². The Morgan fingerprint density at radius 1 is 1.17 bits per heavy atom. The van der Waals surface area contributed by atoms with E-state index in [1.807, 2.05) is 16.8 Å². The van der Waals surface area contributed by atoms with Gasteiger partial charge in [0, 0.05) is 38.1 Å². The monoisotopic (exact) mass is 409 g/mol. The number of aromatic nitrogens is 5. The molecular weight excluding hydrogens is 382 g/mol. The fourth-order valence-electron chi connectivity index (χ4n) is 4.46. The summed E-state index contributed by atoms with van der Waals surface area (Å²) in [5, 5.41) is 13.3. The van der Waals surface area contributed by atoms with E-state index in [0.29, 0.717) is 19.1 Å². The van der Waals surface area contributed by atoms with Crippen molar-refractivity contribution in [3.05, 3.63) is 42.7 Å². The van der Waals surface area contributed by atoms with Gasteiger partial charge in [-0.3, -0.25) is 14.5 Å². The summed E-state index contributed by atoms with van der Waals surface area (Å²) in [6.45, 7) is 2.06. The number of hydrogen-bond donors (Lipinski definition) is 2. The van der Waals surface area contributed by atoms with Crippen LogP contribution in [0.3, 0.4) is 0 Å². The molecule has 2 atom stereocenters. The molecule has 9 heteroatoms. The molecule has 5 rings (SSSR count). The minimum Gasteiger partial charge on any atom is -0.394 e. The summed E-state index contributed by atoms with van der Waals surface area (Å²) in [6, 6.07) is 4.45. The van der Waals surface area contributed by atoms with E-state index in [1.165, 1.54) is 25.7 Å². The summed E-state index contributed by atoms with van der Waals surface area (Å²) < 4.78 is 8.12. The van der Waals surface area contributed by atoms with Crippen LogP contribution in [-0.2, 0) is 11.3 Å². The van der Waals surface area contributed by atoms with Gasteiger partial charge in [0.15, 0.2) is 17.0 Å². The standard InChI is InChI=1S/C21H27N7O2/c29-12-17-10-27(9-15-4-3-7-22-8-15)11-18(30-17)28-14-25-19-20(23-13-24-21(19)28)26-16-5-1-2-6-16/h3-4,7-8,13-14,16-18,29H,1-2,5-6,9-12H2,(H,23,24,26)/t17-,18+/m0/s1. The van der Waals surface area contributed by atoms with Crippen LogP contribution < -0.4 is 5.32 Å². The zero-order valence-corrected chi connectivity index (χ0v) is 16.9. The number of nitrogens with zero attached hydrogens (tertiary/aromatic N) is 6. The molecule has 0 bridgehead atoms. The van der Waals surface area contributed by atoms with Gasteiger partial charge in [-0.1, -0.05) is 18.9 Å². The molecule has 0 spiro atoms. The van der Waals surface area contributed by atoms with Gasteiger partial charge in [0.25, 0.3) is 0 Å². The van der Waals surface area contributed by atoms with Crippen LogP contribution in [0.15, 0.2) is 37.2 Å². The topological polar surface area (TPSA) is 101 Å². The third kappa shape index (κ3) is 4.00. The number of pyridine rings is 1. The number of nitrogens with one attached hydrogen (secondary N) is 1. The Labute approximate surface area is 175 Å². The Hall–Kier alpha value is -2.62. The molecule has 2 fully saturated rings. The van der Waals surface area contributed by atoms with Gasteiger partial charge in [-0.2, -0.15) is 0 Å². The van der Waals surface area contributed by atoms with Crippen LogP contribution in [0.5, 0.6) is 0 Å². The number of hydrogen-bond acceptors (Lipinski definition) is 8. The molecule has 0 radical (unpaired) electrons. The molecule has 3 aromatic heterocycles. The van der Waals surface area contributed by atoms with E-state index in [1.54, 1.807) is 18.9 Å². The number of aliphatic hydroxyl groups excluding tert-OH is 1. The second kappa shape index (κ2) is 8.63. The summed E-state index contributed by atoms with van der Waals surface area (Å²) in [4.78, 5) is 20.0. The molecule has 1 saturated carbocycles. The van der Waals surface area contributed by atoms with Crippen molar-refractivity contribution in [3.63, 3.8) is 0 Å². The third-order valence-electron chi connectivity index (χ3n) is 5.92. The normalized spacial score (nSPS) is 23.2. The van der Waals surface area contributed by atoms with Crippen LogP contribution >= 0.6 is 0 Å². The number of aliphatic hydroxyl groups is 1. The van der Waals surface area contributed by atoms with Gasteiger partial charge < -0.3 is 15.2 Å². The van der Waals surface area contributed by atoms with Crippen molar-refractivity contribution in [2.45, 2.75) is 50.6 Å². The maximum Gasteiger partial charge on any atom is 0.167 e. The van der Waals surface area contributed by atoms with Gasteiger partial charge in [-0.25, -0.2) is 15.0 Å². The second-order valence-corrected chi connectivity index (χ2v) is 8.12. The highest BCUT2D eigenvalue weighted by atomic mass is 16.5. The lowest BCUT2D eigenvalue weighted by atomic mass is 10.2. The van der Waals surface area contributed by atoms with Gasteiger partial charge in [-0.05, 0) is 24.5 Å². The largest absolute Gasteiger partial charge is 0.394 e. The lowest BCUT2D eigenvalue weighted by Gasteiger charge is -2.37. The van der Waals surface area contributed by atoms with E-state index < -0.39 is 0 Å². The van der Waals surface area contributed by atoms with Crippen LogP contribution in [0.25, 0.3) is 11.2 Å². The highest BCUT2D eigenvalue weighted by molar-refractivity contribution is 5.82. The third-order valence-corrected chi connectivity index (χ3v) is 5.92. The van der Waals surface area contributed by atoms with E-state index in [0.717, 1.165) is 29.1 Å². The maximum absolute atomic E-state index is 9.78. The molecule has 4 heterocycles. The molecule has 2 aliphatic rings. The number of imidazole rings is 1. The smallest absolute Gasteiger partial charge is 0.167 e. The average Bonchev–Trinajstić information content (AvgIpc) is 3.44. The minimum atomic E-state index is -0.285. The number of anilines is 1. The molecule has 30 heavy (non-hydrogen) atoms.